The van der Waals surface area contributed by atoms with Gasteiger partial charge >= 0.3 is 0 Å². The third-order valence-corrected chi connectivity index (χ3v) is 3.05. The highest BCUT2D eigenvalue weighted by atomic mass is 14.6. The second-order valence-corrected chi connectivity index (χ2v) is 3.79. The Kier molecular flexibility index (Phi) is 2.72. The average molecular weight is 141 g/mol. The lowest BCUT2D eigenvalue weighted by Gasteiger charge is -2.33. The van der Waals surface area contributed by atoms with Crippen LogP contribution in [-0.4, -0.2) is 6.54 Å². The van der Waals surface area contributed by atoms with Gasteiger partial charge in [0.1, 0.15) is 0 Å². The molecule has 0 aliphatic heterocycles. The zero-order chi connectivity index (χ0) is 7.56. The Labute approximate surface area is 64.0 Å². The standard InChI is InChI=1S/C9H19N/c1-7-4-3-5-8(2)9(7)6-10/h7-9H,3-6,10H2,1-2H3/t7-,8+,9?. The van der Waals surface area contributed by atoms with Gasteiger partial charge in [-0.1, -0.05) is 33.1 Å². The van der Waals surface area contributed by atoms with E-state index in [1.807, 2.05) is 0 Å². The molecule has 0 heterocycles. The van der Waals surface area contributed by atoms with E-state index in [-0.39, 0.29) is 0 Å². The Hall–Kier alpha value is -0.0400. The SMILES string of the molecule is C[C@@H]1CCC[C@H](C)C1CN. The normalized spacial score (nSPS) is 41.7. The molecule has 1 saturated carbocycles. The van der Waals surface area contributed by atoms with Gasteiger partial charge in [0.05, 0.1) is 0 Å². The van der Waals surface area contributed by atoms with E-state index in [4.69, 9.17) is 5.73 Å². The fourth-order valence-corrected chi connectivity index (χ4v) is 2.22. The Balaban J connectivity index is 2.45. The molecule has 0 bridgehead atoms. The van der Waals surface area contributed by atoms with E-state index >= 15 is 0 Å². The zero-order valence-corrected chi connectivity index (χ0v) is 7.14. The van der Waals surface area contributed by atoms with Crippen LogP contribution >= 0.6 is 0 Å². The smallest absolute Gasteiger partial charge is 0.00438 e. The highest BCUT2D eigenvalue weighted by Crippen LogP contribution is 2.33. The quantitative estimate of drug-likeness (QED) is 0.594. The fourth-order valence-electron chi connectivity index (χ4n) is 2.22. The summed E-state index contributed by atoms with van der Waals surface area (Å²) >= 11 is 0. The Morgan fingerprint density at radius 3 is 2.00 bits per heavy atom. The summed E-state index contributed by atoms with van der Waals surface area (Å²) in [5, 5.41) is 0. The van der Waals surface area contributed by atoms with Crippen LogP contribution in [0.2, 0.25) is 0 Å². The molecule has 1 fully saturated rings. The maximum atomic E-state index is 5.68. The minimum absolute atomic E-state index is 0.800. The summed E-state index contributed by atoms with van der Waals surface area (Å²) in [4.78, 5) is 0. The molecule has 1 rings (SSSR count). The van der Waals surface area contributed by atoms with Crippen LogP contribution in [0.15, 0.2) is 0 Å². The first-order valence-corrected chi connectivity index (χ1v) is 4.45. The van der Waals surface area contributed by atoms with Crippen molar-refractivity contribution in [3.05, 3.63) is 0 Å². The topological polar surface area (TPSA) is 26.0 Å². The van der Waals surface area contributed by atoms with E-state index in [0.717, 1.165) is 24.3 Å². The summed E-state index contributed by atoms with van der Waals surface area (Å²) in [5.74, 6) is 2.54. The van der Waals surface area contributed by atoms with E-state index < -0.39 is 0 Å². The molecule has 0 aromatic carbocycles. The predicted octanol–water partition coefficient (Wildman–Crippen LogP) is 2.02. The van der Waals surface area contributed by atoms with E-state index in [2.05, 4.69) is 13.8 Å². The summed E-state index contributed by atoms with van der Waals surface area (Å²) in [6.07, 6.45) is 4.21. The minimum Gasteiger partial charge on any atom is -0.330 e. The molecular formula is C9H19N. The van der Waals surface area contributed by atoms with Gasteiger partial charge in [-0.25, -0.2) is 0 Å². The van der Waals surface area contributed by atoms with Crippen LogP contribution in [0.25, 0.3) is 0 Å². The molecule has 1 unspecified atom stereocenters. The van der Waals surface area contributed by atoms with Crippen molar-refractivity contribution >= 4 is 0 Å². The van der Waals surface area contributed by atoms with Crippen LogP contribution in [0.3, 0.4) is 0 Å². The Morgan fingerprint density at radius 2 is 1.70 bits per heavy atom. The number of hydrogen-bond acceptors (Lipinski definition) is 1. The Bertz CT molecular complexity index is 90.9. The van der Waals surface area contributed by atoms with Gasteiger partial charge in [-0.15, -0.1) is 0 Å². The molecule has 1 aliphatic rings. The molecule has 1 nitrogen and oxygen atoms in total. The van der Waals surface area contributed by atoms with Crippen molar-refractivity contribution in [1.82, 2.24) is 0 Å². The van der Waals surface area contributed by atoms with Crippen LogP contribution in [0.4, 0.5) is 0 Å². The lowest BCUT2D eigenvalue weighted by molar-refractivity contribution is 0.186. The highest BCUT2D eigenvalue weighted by Gasteiger charge is 2.25. The van der Waals surface area contributed by atoms with E-state index in [0.29, 0.717) is 0 Å². The van der Waals surface area contributed by atoms with Crippen molar-refractivity contribution in [2.75, 3.05) is 6.54 Å². The molecule has 0 saturated heterocycles. The molecule has 2 N–H and O–H groups in total. The van der Waals surface area contributed by atoms with E-state index in [1.165, 1.54) is 19.3 Å². The average Bonchev–Trinajstić information content (AvgIpc) is 1.88. The van der Waals surface area contributed by atoms with Gasteiger partial charge in [0.25, 0.3) is 0 Å². The second kappa shape index (κ2) is 3.38. The summed E-state index contributed by atoms with van der Waals surface area (Å²) in [7, 11) is 0. The molecule has 3 atom stereocenters. The number of hydrogen-bond donors (Lipinski definition) is 1. The van der Waals surface area contributed by atoms with Crippen molar-refractivity contribution in [2.24, 2.45) is 23.5 Å². The van der Waals surface area contributed by atoms with Crippen LogP contribution in [-0.2, 0) is 0 Å². The number of nitrogens with two attached hydrogens (primary N) is 1. The van der Waals surface area contributed by atoms with E-state index in [9.17, 15) is 0 Å². The van der Waals surface area contributed by atoms with Gasteiger partial charge < -0.3 is 5.73 Å². The minimum atomic E-state index is 0.800. The third kappa shape index (κ3) is 1.51. The van der Waals surface area contributed by atoms with Crippen molar-refractivity contribution in [2.45, 2.75) is 33.1 Å². The molecule has 0 amide bonds. The van der Waals surface area contributed by atoms with Gasteiger partial charge in [-0.05, 0) is 24.3 Å². The summed E-state index contributed by atoms with van der Waals surface area (Å²) in [5.41, 5.74) is 5.68. The maximum absolute atomic E-state index is 5.68. The largest absolute Gasteiger partial charge is 0.330 e. The van der Waals surface area contributed by atoms with Crippen molar-refractivity contribution in [1.29, 1.82) is 0 Å². The van der Waals surface area contributed by atoms with Crippen LogP contribution in [0, 0.1) is 17.8 Å². The zero-order valence-electron chi connectivity index (χ0n) is 7.14. The first kappa shape index (κ1) is 8.06. The molecule has 0 aromatic heterocycles. The molecule has 0 spiro atoms. The molecule has 0 radical (unpaired) electrons. The first-order valence-electron chi connectivity index (χ1n) is 4.45. The lowest BCUT2D eigenvalue weighted by atomic mass is 9.74. The van der Waals surface area contributed by atoms with Gasteiger partial charge in [-0.2, -0.15) is 0 Å². The first-order chi connectivity index (χ1) is 4.75. The third-order valence-electron chi connectivity index (χ3n) is 3.05. The van der Waals surface area contributed by atoms with Crippen LogP contribution < -0.4 is 5.73 Å². The second-order valence-electron chi connectivity index (χ2n) is 3.79. The van der Waals surface area contributed by atoms with Gasteiger partial charge in [-0.3, -0.25) is 0 Å². The monoisotopic (exact) mass is 141 g/mol. The van der Waals surface area contributed by atoms with Gasteiger partial charge in [0, 0.05) is 0 Å². The molecule has 10 heavy (non-hydrogen) atoms. The molecule has 1 aliphatic carbocycles. The lowest BCUT2D eigenvalue weighted by Crippen LogP contribution is -2.31. The molecule has 60 valence electrons. The Morgan fingerprint density at radius 1 is 1.20 bits per heavy atom. The summed E-state index contributed by atoms with van der Waals surface area (Å²) in [6.45, 7) is 5.57. The number of rotatable bonds is 1. The predicted molar refractivity (Wildman–Crippen MR) is 44.7 cm³/mol. The van der Waals surface area contributed by atoms with Crippen LogP contribution in [0.5, 0.6) is 0 Å². The van der Waals surface area contributed by atoms with Crippen LogP contribution in [0.1, 0.15) is 33.1 Å². The summed E-state index contributed by atoms with van der Waals surface area (Å²) < 4.78 is 0. The van der Waals surface area contributed by atoms with Crippen molar-refractivity contribution in [3.8, 4) is 0 Å². The fraction of sp³-hybridized carbons (Fsp3) is 1.00. The van der Waals surface area contributed by atoms with Gasteiger partial charge in [0.15, 0.2) is 0 Å². The maximum Gasteiger partial charge on any atom is -0.00438 e. The van der Waals surface area contributed by atoms with E-state index in [1.54, 1.807) is 0 Å². The molecule has 0 aromatic rings. The molecular weight excluding hydrogens is 122 g/mol. The summed E-state index contributed by atoms with van der Waals surface area (Å²) in [6, 6.07) is 0. The highest BCUT2D eigenvalue weighted by molar-refractivity contribution is 4.77. The molecule has 1 heteroatoms. The van der Waals surface area contributed by atoms with Gasteiger partial charge in [0.2, 0.25) is 0 Å². The van der Waals surface area contributed by atoms with Crippen molar-refractivity contribution in [3.63, 3.8) is 0 Å². The van der Waals surface area contributed by atoms with Crippen molar-refractivity contribution < 1.29 is 0 Å².